The number of allylic oxidation sites excluding steroid dienone is 6. The van der Waals surface area contributed by atoms with Gasteiger partial charge in [0.2, 0.25) is 0 Å². The van der Waals surface area contributed by atoms with Crippen molar-refractivity contribution in [2.75, 3.05) is 13.2 Å². The molecule has 5 heteroatoms. The van der Waals surface area contributed by atoms with E-state index in [1.165, 1.54) is 257 Å². The van der Waals surface area contributed by atoms with Gasteiger partial charge in [0, 0.05) is 12.8 Å². The number of rotatable bonds is 57. The Morgan fingerprint density at radius 3 is 0.912 bits per heavy atom. The van der Waals surface area contributed by atoms with Crippen LogP contribution in [0.5, 0.6) is 0 Å². The quantitative estimate of drug-likeness (QED) is 0.0374. The number of carbonyl (C=O) groups is 2. The fourth-order valence-electron chi connectivity index (χ4n) is 9.29. The summed E-state index contributed by atoms with van der Waals surface area (Å²) in [5, 5.41) is 9.64. The number of ether oxygens (including phenoxy) is 2. The van der Waals surface area contributed by atoms with Gasteiger partial charge in [-0.2, -0.15) is 0 Å². The lowest BCUT2D eigenvalue weighted by molar-refractivity contribution is -0.161. The number of hydrogen-bond donors (Lipinski definition) is 1. The zero-order valence-electron chi connectivity index (χ0n) is 45.9. The minimum absolute atomic E-state index is 0.0648. The van der Waals surface area contributed by atoms with Gasteiger partial charge < -0.3 is 14.6 Å². The van der Waals surface area contributed by atoms with Gasteiger partial charge in [0.25, 0.3) is 0 Å². The van der Waals surface area contributed by atoms with Crippen molar-refractivity contribution in [3.63, 3.8) is 0 Å². The van der Waals surface area contributed by atoms with E-state index < -0.39 is 6.10 Å². The first kappa shape index (κ1) is 66.1. The molecule has 0 aliphatic carbocycles. The first-order chi connectivity index (χ1) is 33.6. The molecule has 0 heterocycles. The second-order valence-electron chi connectivity index (χ2n) is 20.8. The molecule has 1 atom stereocenters. The summed E-state index contributed by atoms with van der Waals surface area (Å²) >= 11 is 0. The highest BCUT2D eigenvalue weighted by Gasteiger charge is 2.16. The van der Waals surface area contributed by atoms with Crippen molar-refractivity contribution < 1.29 is 24.2 Å². The molecule has 0 radical (unpaired) electrons. The van der Waals surface area contributed by atoms with E-state index in [0.717, 1.165) is 51.4 Å². The fraction of sp³-hybridized carbons (Fsp3) is 0.873. The van der Waals surface area contributed by atoms with E-state index >= 15 is 0 Å². The average molecular weight is 956 g/mol. The molecule has 0 aliphatic heterocycles. The third-order valence-electron chi connectivity index (χ3n) is 13.9. The van der Waals surface area contributed by atoms with Crippen molar-refractivity contribution in [1.82, 2.24) is 0 Å². The van der Waals surface area contributed by atoms with Gasteiger partial charge in [-0.25, -0.2) is 0 Å². The van der Waals surface area contributed by atoms with Gasteiger partial charge in [-0.15, -0.1) is 0 Å². The summed E-state index contributed by atoms with van der Waals surface area (Å²) in [6, 6.07) is 0. The summed E-state index contributed by atoms with van der Waals surface area (Å²) in [5.41, 5.74) is 0. The summed E-state index contributed by atoms with van der Waals surface area (Å²) in [7, 11) is 0. The number of esters is 2. The summed E-state index contributed by atoms with van der Waals surface area (Å²) in [6.45, 7) is 4.15. The lowest BCUT2D eigenvalue weighted by Crippen LogP contribution is -2.28. The van der Waals surface area contributed by atoms with Crippen molar-refractivity contribution in [2.45, 2.75) is 341 Å². The minimum Gasteiger partial charge on any atom is -0.462 e. The molecular weight excluding hydrogens is 837 g/mol. The monoisotopic (exact) mass is 955 g/mol. The van der Waals surface area contributed by atoms with E-state index in [4.69, 9.17) is 9.47 Å². The molecule has 0 amide bonds. The van der Waals surface area contributed by atoms with Crippen LogP contribution in [-0.2, 0) is 19.1 Å². The molecule has 0 saturated heterocycles. The van der Waals surface area contributed by atoms with Crippen LogP contribution in [-0.4, -0.2) is 36.4 Å². The molecule has 400 valence electrons. The van der Waals surface area contributed by atoms with Crippen LogP contribution < -0.4 is 0 Å². The van der Waals surface area contributed by atoms with Gasteiger partial charge in [-0.3, -0.25) is 9.59 Å². The molecule has 0 aliphatic rings. The predicted molar refractivity (Wildman–Crippen MR) is 298 cm³/mol. The Balaban J connectivity index is 3.37. The normalized spacial score (nSPS) is 12.3. The van der Waals surface area contributed by atoms with Crippen LogP contribution in [0.25, 0.3) is 0 Å². The molecule has 0 saturated carbocycles. The first-order valence-corrected chi connectivity index (χ1v) is 30.5. The minimum atomic E-state index is -0.774. The van der Waals surface area contributed by atoms with E-state index in [1.807, 2.05) is 0 Å². The predicted octanol–water partition coefficient (Wildman–Crippen LogP) is 20.6. The maximum Gasteiger partial charge on any atom is 0.306 e. The van der Waals surface area contributed by atoms with Crippen LogP contribution in [0.15, 0.2) is 36.5 Å². The van der Waals surface area contributed by atoms with Crippen molar-refractivity contribution in [3.8, 4) is 0 Å². The number of hydrogen-bond acceptors (Lipinski definition) is 5. The van der Waals surface area contributed by atoms with Crippen LogP contribution in [0.3, 0.4) is 0 Å². The van der Waals surface area contributed by atoms with Gasteiger partial charge in [0.15, 0.2) is 6.10 Å². The lowest BCUT2D eigenvalue weighted by Gasteiger charge is -2.15. The molecular formula is C63H118O5. The molecule has 68 heavy (non-hydrogen) atoms. The standard InChI is InChI=1S/C63H118O5/c1-3-5-7-9-11-13-15-17-19-21-22-23-24-25-26-27-28-29-30-31-32-33-34-35-36-37-38-39-40-42-43-45-47-49-51-53-55-57-62(65)67-60-61(59-64)68-63(66)58-56-54-52-50-48-46-44-41-20-18-16-14-12-10-8-6-4-2/h12,14,18,20-22,61,64H,3-11,13,15-17,19,23-60H2,1-2H3/b14-12-,20-18-,22-21-. The Morgan fingerprint density at radius 1 is 0.338 bits per heavy atom. The third-order valence-corrected chi connectivity index (χ3v) is 13.9. The van der Waals surface area contributed by atoms with Crippen molar-refractivity contribution >= 4 is 11.9 Å². The third kappa shape index (κ3) is 56.7. The molecule has 0 fully saturated rings. The Morgan fingerprint density at radius 2 is 0.588 bits per heavy atom. The average Bonchev–Trinajstić information content (AvgIpc) is 3.34. The molecule has 0 bridgehead atoms. The highest BCUT2D eigenvalue weighted by molar-refractivity contribution is 5.70. The SMILES string of the molecule is CCCCC/C=C\C/C=C\CCCCCCCCCC(=O)OC(CO)COC(=O)CCCCCCCCCCCCCCCCCCCCCCCCCCC/C=C\CCCCCCCCCC. The van der Waals surface area contributed by atoms with Crippen LogP contribution in [0.2, 0.25) is 0 Å². The lowest BCUT2D eigenvalue weighted by atomic mass is 10.0. The zero-order valence-corrected chi connectivity index (χ0v) is 45.9. The van der Waals surface area contributed by atoms with Crippen molar-refractivity contribution in [2.24, 2.45) is 0 Å². The van der Waals surface area contributed by atoms with E-state index in [0.29, 0.717) is 12.8 Å². The van der Waals surface area contributed by atoms with Gasteiger partial charge in [0.05, 0.1) is 6.61 Å². The summed E-state index contributed by atoms with van der Waals surface area (Å²) in [5.74, 6) is -0.584. The molecule has 0 aromatic carbocycles. The van der Waals surface area contributed by atoms with Crippen LogP contribution in [0.1, 0.15) is 335 Å². The second-order valence-corrected chi connectivity index (χ2v) is 20.8. The Bertz CT molecular complexity index is 1080. The van der Waals surface area contributed by atoms with Gasteiger partial charge >= 0.3 is 11.9 Å². The Labute approximate surface area is 425 Å². The molecule has 1 N–H and O–H groups in total. The van der Waals surface area contributed by atoms with E-state index in [9.17, 15) is 14.7 Å². The second kappa shape index (κ2) is 59.4. The maximum atomic E-state index is 12.3. The van der Waals surface area contributed by atoms with Crippen molar-refractivity contribution in [1.29, 1.82) is 0 Å². The Kier molecular flexibility index (Phi) is 57.8. The number of unbranched alkanes of at least 4 members (excludes halogenated alkanes) is 43. The molecule has 0 aromatic heterocycles. The molecule has 5 nitrogen and oxygen atoms in total. The summed E-state index contributed by atoms with van der Waals surface area (Å²) in [6.07, 6.45) is 77.3. The van der Waals surface area contributed by atoms with E-state index in [1.54, 1.807) is 0 Å². The number of carbonyl (C=O) groups excluding carboxylic acids is 2. The maximum absolute atomic E-state index is 12.3. The van der Waals surface area contributed by atoms with Crippen LogP contribution >= 0.6 is 0 Å². The van der Waals surface area contributed by atoms with Crippen molar-refractivity contribution in [3.05, 3.63) is 36.5 Å². The zero-order chi connectivity index (χ0) is 49.2. The van der Waals surface area contributed by atoms with Crippen LogP contribution in [0, 0.1) is 0 Å². The first-order valence-electron chi connectivity index (χ1n) is 30.5. The molecule has 1 unspecified atom stereocenters. The topological polar surface area (TPSA) is 72.8 Å². The summed E-state index contributed by atoms with van der Waals surface area (Å²) in [4.78, 5) is 24.5. The van der Waals surface area contributed by atoms with Gasteiger partial charge in [-0.05, 0) is 70.6 Å². The highest BCUT2D eigenvalue weighted by atomic mass is 16.6. The molecule has 0 rings (SSSR count). The fourth-order valence-corrected chi connectivity index (χ4v) is 9.29. The smallest absolute Gasteiger partial charge is 0.306 e. The van der Waals surface area contributed by atoms with E-state index in [-0.39, 0.29) is 25.2 Å². The van der Waals surface area contributed by atoms with Crippen LogP contribution in [0.4, 0.5) is 0 Å². The van der Waals surface area contributed by atoms with Gasteiger partial charge in [-0.1, -0.05) is 288 Å². The molecule has 0 spiro atoms. The largest absolute Gasteiger partial charge is 0.462 e. The Hall–Kier alpha value is -1.88. The van der Waals surface area contributed by atoms with E-state index in [2.05, 4.69) is 50.3 Å². The summed E-state index contributed by atoms with van der Waals surface area (Å²) < 4.78 is 10.7. The number of aliphatic hydroxyl groups is 1. The highest BCUT2D eigenvalue weighted by Crippen LogP contribution is 2.18. The number of aliphatic hydroxyl groups excluding tert-OH is 1. The molecule has 0 aromatic rings. The van der Waals surface area contributed by atoms with Gasteiger partial charge in [0.1, 0.15) is 6.61 Å².